The maximum atomic E-state index is 13.5. The normalized spacial score (nSPS) is 17.3. The van der Waals surface area contributed by atoms with Crippen LogP contribution >= 0.6 is 23.4 Å². The van der Waals surface area contributed by atoms with Gasteiger partial charge in [0.15, 0.2) is 9.84 Å². The lowest BCUT2D eigenvalue weighted by Gasteiger charge is -2.19. The summed E-state index contributed by atoms with van der Waals surface area (Å²) < 4.78 is 23.9. The predicted molar refractivity (Wildman–Crippen MR) is 140 cm³/mol. The highest BCUT2D eigenvalue weighted by Crippen LogP contribution is 2.37. The maximum absolute atomic E-state index is 13.5. The molecule has 1 saturated heterocycles. The van der Waals surface area contributed by atoms with Crippen molar-refractivity contribution in [1.29, 1.82) is 0 Å². The first-order valence-electron chi connectivity index (χ1n) is 10.9. The van der Waals surface area contributed by atoms with Crippen molar-refractivity contribution in [3.63, 3.8) is 0 Å². The van der Waals surface area contributed by atoms with Crippen LogP contribution in [0.5, 0.6) is 0 Å². The van der Waals surface area contributed by atoms with Gasteiger partial charge >= 0.3 is 0 Å². The van der Waals surface area contributed by atoms with E-state index in [1.54, 1.807) is 42.5 Å². The third-order valence-corrected chi connectivity index (χ3v) is 8.54. The number of hydrogen-bond donors (Lipinski definition) is 2. The van der Waals surface area contributed by atoms with Gasteiger partial charge in [0.2, 0.25) is 0 Å². The number of amides is 2. The summed E-state index contributed by atoms with van der Waals surface area (Å²) in [5, 5.41) is 6.18. The zero-order chi connectivity index (χ0) is 24.8. The molecule has 1 aliphatic rings. The van der Waals surface area contributed by atoms with Crippen molar-refractivity contribution in [2.45, 2.75) is 17.4 Å². The first kappa shape index (κ1) is 25.0. The standard InChI is InChI=1S/C26H23ClN2O4S2/c27-20-11-13-22(14-12-20)34-24(18-7-3-1-4-8-18)23(29-25(30)19-9-5-2-6-10-19)26(31)28-21-15-16-35(32,33)17-21/h1-14,21H,15-17H2,(H,28,31)(H,29,30)/b24-23+/t21-/m0/s1. The van der Waals surface area contributed by atoms with Crippen LogP contribution in [0.3, 0.4) is 0 Å². The summed E-state index contributed by atoms with van der Waals surface area (Å²) >= 11 is 7.35. The largest absolute Gasteiger partial charge is 0.347 e. The van der Waals surface area contributed by atoms with Gasteiger partial charge in [-0.25, -0.2) is 8.42 Å². The number of carbonyl (C=O) groups is 2. The van der Waals surface area contributed by atoms with Gasteiger partial charge in [-0.1, -0.05) is 71.9 Å². The van der Waals surface area contributed by atoms with Gasteiger partial charge in [0.1, 0.15) is 5.70 Å². The number of sulfone groups is 1. The monoisotopic (exact) mass is 526 g/mol. The Morgan fingerprint density at radius 2 is 1.46 bits per heavy atom. The van der Waals surface area contributed by atoms with Crippen molar-refractivity contribution in [2.75, 3.05) is 11.5 Å². The Morgan fingerprint density at radius 3 is 2.03 bits per heavy atom. The molecule has 0 unspecified atom stereocenters. The molecule has 1 atom stereocenters. The Morgan fingerprint density at radius 1 is 0.857 bits per heavy atom. The van der Waals surface area contributed by atoms with E-state index in [0.717, 1.165) is 10.5 Å². The van der Waals surface area contributed by atoms with Gasteiger partial charge in [-0.2, -0.15) is 0 Å². The molecule has 9 heteroatoms. The first-order valence-corrected chi connectivity index (χ1v) is 13.9. The van der Waals surface area contributed by atoms with Gasteiger partial charge in [0.05, 0.1) is 11.5 Å². The summed E-state index contributed by atoms with van der Waals surface area (Å²) in [6.45, 7) is 0. The molecule has 0 radical (unpaired) electrons. The van der Waals surface area contributed by atoms with Crippen LogP contribution in [0, 0.1) is 0 Å². The highest BCUT2D eigenvalue weighted by Gasteiger charge is 2.31. The molecule has 0 aromatic heterocycles. The van der Waals surface area contributed by atoms with Gasteiger partial charge < -0.3 is 10.6 Å². The van der Waals surface area contributed by atoms with Gasteiger partial charge in [-0.3, -0.25) is 9.59 Å². The molecule has 1 aliphatic heterocycles. The fourth-order valence-corrected chi connectivity index (χ4v) is 6.43. The third-order valence-electron chi connectivity index (χ3n) is 5.37. The number of nitrogens with one attached hydrogen (secondary N) is 2. The van der Waals surface area contributed by atoms with Crippen LogP contribution in [0.25, 0.3) is 4.91 Å². The fourth-order valence-electron chi connectivity index (χ4n) is 3.62. The fraction of sp³-hybridized carbons (Fsp3) is 0.154. The molecule has 0 bridgehead atoms. The second-order valence-electron chi connectivity index (χ2n) is 8.02. The summed E-state index contributed by atoms with van der Waals surface area (Å²) in [5.74, 6) is -1.08. The molecule has 3 aromatic rings. The summed E-state index contributed by atoms with van der Waals surface area (Å²) in [5.41, 5.74) is 1.17. The van der Waals surface area contributed by atoms with Crippen LogP contribution in [0.2, 0.25) is 5.02 Å². The van der Waals surface area contributed by atoms with E-state index in [2.05, 4.69) is 10.6 Å². The minimum atomic E-state index is -3.19. The second-order valence-corrected chi connectivity index (χ2v) is 11.8. The molecule has 2 amide bonds. The van der Waals surface area contributed by atoms with E-state index < -0.39 is 27.7 Å². The van der Waals surface area contributed by atoms with E-state index in [1.165, 1.54) is 11.8 Å². The van der Waals surface area contributed by atoms with E-state index in [0.29, 0.717) is 21.9 Å². The second kappa shape index (κ2) is 11.1. The molecular formula is C26H23ClN2O4S2. The molecule has 1 heterocycles. The van der Waals surface area contributed by atoms with E-state index in [4.69, 9.17) is 11.6 Å². The maximum Gasteiger partial charge on any atom is 0.269 e. The van der Waals surface area contributed by atoms with Crippen molar-refractivity contribution in [2.24, 2.45) is 0 Å². The molecule has 6 nitrogen and oxygen atoms in total. The smallest absolute Gasteiger partial charge is 0.269 e. The zero-order valence-corrected chi connectivity index (χ0v) is 21.0. The Bertz CT molecular complexity index is 1340. The Balaban J connectivity index is 1.76. The molecular weight excluding hydrogens is 504 g/mol. The topological polar surface area (TPSA) is 92.3 Å². The third kappa shape index (κ3) is 6.75. The van der Waals surface area contributed by atoms with Crippen molar-refractivity contribution in [3.05, 3.63) is 107 Å². The van der Waals surface area contributed by atoms with Crippen molar-refractivity contribution >= 4 is 49.9 Å². The average molecular weight is 527 g/mol. The number of hydrogen-bond acceptors (Lipinski definition) is 5. The molecule has 3 aromatic carbocycles. The lowest BCUT2D eigenvalue weighted by molar-refractivity contribution is -0.118. The Kier molecular flexibility index (Phi) is 7.95. The molecule has 4 rings (SSSR count). The van der Waals surface area contributed by atoms with Crippen LogP contribution in [0.1, 0.15) is 22.3 Å². The molecule has 0 spiro atoms. The van der Waals surface area contributed by atoms with E-state index in [1.807, 2.05) is 42.5 Å². The van der Waals surface area contributed by atoms with Crippen molar-refractivity contribution in [1.82, 2.24) is 10.6 Å². The van der Waals surface area contributed by atoms with Crippen LogP contribution in [-0.4, -0.2) is 37.8 Å². The Hall–Kier alpha value is -3.07. The van der Waals surface area contributed by atoms with Crippen LogP contribution in [-0.2, 0) is 14.6 Å². The number of thioether (sulfide) groups is 1. The van der Waals surface area contributed by atoms with E-state index >= 15 is 0 Å². The summed E-state index contributed by atoms with van der Waals surface area (Å²) in [6, 6.07) is 24.5. The molecule has 2 N–H and O–H groups in total. The molecule has 180 valence electrons. The van der Waals surface area contributed by atoms with Gasteiger partial charge in [-0.05, 0) is 48.4 Å². The van der Waals surface area contributed by atoms with Crippen molar-refractivity contribution in [3.8, 4) is 0 Å². The minimum Gasteiger partial charge on any atom is -0.347 e. The number of rotatable bonds is 7. The molecule has 35 heavy (non-hydrogen) atoms. The SMILES string of the molecule is O=C(N[C@H]1CCS(=O)(=O)C1)/C(NC(=O)c1ccccc1)=C(\Sc1ccc(Cl)cc1)c1ccccc1. The predicted octanol–water partition coefficient (Wildman–Crippen LogP) is 4.53. The van der Waals surface area contributed by atoms with E-state index in [9.17, 15) is 18.0 Å². The molecule has 1 fully saturated rings. The quantitative estimate of drug-likeness (QED) is 0.348. The van der Waals surface area contributed by atoms with Crippen LogP contribution in [0.4, 0.5) is 0 Å². The minimum absolute atomic E-state index is 0.0262. The number of carbonyl (C=O) groups excluding carboxylic acids is 2. The van der Waals surface area contributed by atoms with Crippen LogP contribution < -0.4 is 10.6 Å². The highest BCUT2D eigenvalue weighted by molar-refractivity contribution is 8.08. The van der Waals surface area contributed by atoms with Gasteiger partial charge in [-0.15, -0.1) is 0 Å². The number of halogens is 1. The number of benzene rings is 3. The lowest BCUT2D eigenvalue weighted by atomic mass is 10.1. The van der Waals surface area contributed by atoms with E-state index in [-0.39, 0.29) is 17.2 Å². The highest BCUT2D eigenvalue weighted by atomic mass is 35.5. The molecule has 0 aliphatic carbocycles. The van der Waals surface area contributed by atoms with Gasteiger partial charge in [0.25, 0.3) is 11.8 Å². The summed E-state index contributed by atoms with van der Waals surface area (Å²) in [4.78, 5) is 27.9. The Labute approximate surface area is 213 Å². The summed E-state index contributed by atoms with van der Waals surface area (Å²) in [6.07, 6.45) is 0.332. The zero-order valence-electron chi connectivity index (χ0n) is 18.6. The van der Waals surface area contributed by atoms with Crippen molar-refractivity contribution < 1.29 is 18.0 Å². The lowest BCUT2D eigenvalue weighted by Crippen LogP contribution is -2.41. The first-order chi connectivity index (χ1) is 16.8. The van der Waals surface area contributed by atoms with Gasteiger partial charge in [0, 0.05) is 26.4 Å². The average Bonchev–Trinajstić information content (AvgIpc) is 3.21. The molecule has 0 saturated carbocycles. The van der Waals surface area contributed by atoms with Crippen LogP contribution in [0.15, 0.2) is 95.5 Å². The summed E-state index contributed by atoms with van der Waals surface area (Å²) in [7, 11) is -3.19.